The van der Waals surface area contributed by atoms with Crippen molar-refractivity contribution in [3.8, 4) is 5.75 Å². The molecule has 0 radical (unpaired) electrons. The Labute approximate surface area is 117 Å². The van der Waals surface area contributed by atoms with Crippen LogP contribution in [0.15, 0.2) is 22.7 Å². The highest BCUT2D eigenvalue weighted by Gasteiger charge is 2.42. The topological polar surface area (TPSA) is 30.5 Å². The number of aryl methyl sites for hydroxylation is 1. The van der Waals surface area contributed by atoms with E-state index < -0.39 is 0 Å². The molecule has 0 aliphatic heterocycles. The van der Waals surface area contributed by atoms with E-state index in [1.165, 1.54) is 0 Å². The first kappa shape index (κ1) is 13.8. The van der Waals surface area contributed by atoms with Crippen molar-refractivity contribution in [2.75, 3.05) is 13.7 Å². The number of hydrogen-bond acceptors (Lipinski definition) is 3. The average molecular weight is 314 g/mol. The second-order valence-corrected chi connectivity index (χ2v) is 5.53. The molecule has 1 aromatic carbocycles. The van der Waals surface area contributed by atoms with Crippen LogP contribution in [0.2, 0.25) is 0 Å². The van der Waals surface area contributed by atoms with E-state index >= 15 is 0 Å². The number of hydrogen-bond donors (Lipinski definition) is 1. The number of halogens is 1. The Balaban J connectivity index is 2.03. The summed E-state index contributed by atoms with van der Waals surface area (Å²) in [4.78, 5) is 0. The molecule has 1 aliphatic carbocycles. The Morgan fingerprint density at radius 1 is 1.44 bits per heavy atom. The number of benzene rings is 1. The third-order valence-corrected chi connectivity index (χ3v) is 3.90. The number of likely N-dealkylation sites (N-methyl/N-ethyl adjacent to an activating group) is 1. The summed E-state index contributed by atoms with van der Waals surface area (Å²) in [7, 11) is 1.97. The van der Waals surface area contributed by atoms with Crippen LogP contribution in [0.4, 0.5) is 0 Å². The molecule has 0 spiro atoms. The summed E-state index contributed by atoms with van der Waals surface area (Å²) < 4.78 is 12.8. The predicted molar refractivity (Wildman–Crippen MR) is 76.2 cm³/mol. The lowest BCUT2D eigenvalue weighted by molar-refractivity contribution is -0.103. The van der Waals surface area contributed by atoms with Crippen molar-refractivity contribution in [3.05, 3.63) is 28.2 Å². The third kappa shape index (κ3) is 2.87. The van der Waals surface area contributed by atoms with Crippen LogP contribution in [-0.2, 0) is 4.74 Å². The lowest BCUT2D eigenvalue weighted by Gasteiger charge is -2.43. The minimum absolute atomic E-state index is 0.149. The van der Waals surface area contributed by atoms with Gasteiger partial charge < -0.3 is 14.8 Å². The van der Waals surface area contributed by atoms with E-state index in [1.54, 1.807) is 0 Å². The van der Waals surface area contributed by atoms with Crippen molar-refractivity contribution in [3.63, 3.8) is 0 Å². The van der Waals surface area contributed by atoms with E-state index in [2.05, 4.69) is 34.2 Å². The van der Waals surface area contributed by atoms with Gasteiger partial charge in [0.1, 0.15) is 18.0 Å². The molecular weight excluding hydrogens is 294 g/mol. The van der Waals surface area contributed by atoms with Crippen molar-refractivity contribution in [2.45, 2.75) is 38.5 Å². The van der Waals surface area contributed by atoms with Crippen molar-refractivity contribution < 1.29 is 9.47 Å². The Hall–Kier alpha value is -0.580. The monoisotopic (exact) mass is 313 g/mol. The van der Waals surface area contributed by atoms with Gasteiger partial charge >= 0.3 is 0 Å². The second-order valence-electron chi connectivity index (χ2n) is 4.62. The molecule has 0 aromatic heterocycles. The van der Waals surface area contributed by atoms with Gasteiger partial charge in [-0.2, -0.15) is 0 Å². The second kappa shape index (κ2) is 6.04. The molecule has 0 amide bonds. The molecule has 1 aliphatic rings. The SMILES string of the molecule is CCOC1C(NC)CC1Oc1cc(Br)ccc1C. The van der Waals surface area contributed by atoms with Crippen molar-refractivity contribution >= 4 is 15.9 Å². The van der Waals surface area contributed by atoms with Crippen LogP contribution in [0, 0.1) is 6.92 Å². The quantitative estimate of drug-likeness (QED) is 0.906. The smallest absolute Gasteiger partial charge is 0.128 e. The number of nitrogens with one attached hydrogen (secondary N) is 1. The Kier molecular flexibility index (Phi) is 4.65. The average Bonchev–Trinajstić information content (AvgIpc) is 2.35. The number of rotatable bonds is 5. The molecule has 2 rings (SSSR count). The first-order valence-corrected chi connectivity index (χ1v) is 7.16. The molecule has 4 heteroatoms. The van der Waals surface area contributed by atoms with Crippen LogP contribution in [-0.4, -0.2) is 31.9 Å². The molecule has 3 nitrogen and oxygen atoms in total. The van der Waals surface area contributed by atoms with Crippen LogP contribution in [0.1, 0.15) is 18.9 Å². The molecular formula is C14H20BrNO2. The van der Waals surface area contributed by atoms with Crippen molar-refractivity contribution in [1.29, 1.82) is 0 Å². The maximum Gasteiger partial charge on any atom is 0.128 e. The molecule has 1 fully saturated rings. The summed E-state index contributed by atoms with van der Waals surface area (Å²) in [5.41, 5.74) is 1.15. The number of ether oxygens (including phenoxy) is 2. The van der Waals surface area contributed by atoms with E-state index in [0.717, 1.165) is 28.8 Å². The fourth-order valence-corrected chi connectivity index (χ4v) is 2.60. The molecule has 18 heavy (non-hydrogen) atoms. The van der Waals surface area contributed by atoms with E-state index in [-0.39, 0.29) is 12.2 Å². The minimum atomic E-state index is 0.149. The van der Waals surface area contributed by atoms with E-state index in [1.807, 2.05) is 26.1 Å². The minimum Gasteiger partial charge on any atom is -0.487 e. The Bertz CT molecular complexity index is 411. The van der Waals surface area contributed by atoms with Gasteiger partial charge in [-0.1, -0.05) is 22.0 Å². The molecule has 0 heterocycles. The summed E-state index contributed by atoms with van der Waals surface area (Å²) in [5.74, 6) is 0.939. The first-order valence-electron chi connectivity index (χ1n) is 6.37. The van der Waals surface area contributed by atoms with Crippen molar-refractivity contribution in [1.82, 2.24) is 5.32 Å². The van der Waals surface area contributed by atoms with Gasteiger partial charge in [-0.3, -0.25) is 0 Å². The van der Waals surface area contributed by atoms with Gasteiger partial charge in [0.15, 0.2) is 0 Å². The summed E-state index contributed by atoms with van der Waals surface area (Å²) in [6, 6.07) is 6.51. The maximum absolute atomic E-state index is 6.06. The molecule has 0 saturated heterocycles. The molecule has 3 unspecified atom stereocenters. The van der Waals surface area contributed by atoms with E-state index in [0.29, 0.717) is 6.04 Å². The molecule has 3 atom stereocenters. The maximum atomic E-state index is 6.06. The Morgan fingerprint density at radius 2 is 2.22 bits per heavy atom. The van der Waals surface area contributed by atoms with E-state index in [9.17, 15) is 0 Å². The highest BCUT2D eigenvalue weighted by atomic mass is 79.9. The normalized spacial score (nSPS) is 26.8. The molecule has 0 bridgehead atoms. The van der Waals surface area contributed by atoms with Crippen LogP contribution in [0.25, 0.3) is 0 Å². The molecule has 1 aromatic rings. The zero-order chi connectivity index (χ0) is 13.1. The highest BCUT2D eigenvalue weighted by Crippen LogP contribution is 2.31. The molecule has 100 valence electrons. The fraction of sp³-hybridized carbons (Fsp3) is 0.571. The fourth-order valence-electron chi connectivity index (χ4n) is 2.26. The van der Waals surface area contributed by atoms with Gasteiger partial charge in [0, 0.05) is 23.5 Å². The lowest BCUT2D eigenvalue weighted by atomic mass is 9.85. The lowest BCUT2D eigenvalue weighted by Crippen LogP contribution is -2.60. The third-order valence-electron chi connectivity index (χ3n) is 3.41. The first-order chi connectivity index (χ1) is 8.65. The van der Waals surface area contributed by atoms with E-state index in [4.69, 9.17) is 9.47 Å². The summed E-state index contributed by atoms with van der Waals surface area (Å²) >= 11 is 3.47. The van der Waals surface area contributed by atoms with Gasteiger partial charge in [-0.25, -0.2) is 0 Å². The van der Waals surface area contributed by atoms with Gasteiger partial charge in [-0.05, 0) is 38.6 Å². The molecule has 1 saturated carbocycles. The largest absolute Gasteiger partial charge is 0.487 e. The van der Waals surface area contributed by atoms with Gasteiger partial charge in [-0.15, -0.1) is 0 Å². The van der Waals surface area contributed by atoms with Gasteiger partial charge in [0.05, 0.1) is 0 Å². The highest BCUT2D eigenvalue weighted by molar-refractivity contribution is 9.10. The van der Waals surface area contributed by atoms with Crippen LogP contribution in [0.3, 0.4) is 0 Å². The summed E-state index contributed by atoms with van der Waals surface area (Å²) in [6.45, 7) is 4.80. The summed E-state index contributed by atoms with van der Waals surface area (Å²) in [6.07, 6.45) is 1.29. The van der Waals surface area contributed by atoms with Gasteiger partial charge in [0.2, 0.25) is 0 Å². The predicted octanol–water partition coefficient (Wildman–Crippen LogP) is 2.90. The van der Waals surface area contributed by atoms with Crippen molar-refractivity contribution in [2.24, 2.45) is 0 Å². The standard InChI is InChI=1S/C14H20BrNO2/c1-4-17-14-11(16-3)8-13(14)18-12-7-10(15)6-5-9(12)2/h5-7,11,13-14,16H,4,8H2,1-3H3. The van der Waals surface area contributed by atoms with Crippen LogP contribution >= 0.6 is 15.9 Å². The summed E-state index contributed by atoms with van der Waals surface area (Å²) in [5, 5.41) is 3.26. The Morgan fingerprint density at radius 3 is 2.89 bits per heavy atom. The zero-order valence-electron chi connectivity index (χ0n) is 11.1. The van der Waals surface area contributed by atoms with Crippen LogP contribution < -0.4 is 10.1 Å². The zero-order valence-corrected chi connectivity index (χ0v) is 12.7. The van der Waals surface area contributed by atoms with Gasteiger partial charge in [0.25, 0.3) is 0 Å². The van der Waals surface area contributed by atoms with Crippen LogP contribution in [0.5, 0.6) is 5.75 Å². The molecule has 1 N–H and O–H groups in total.